The summed E-state index contributed by atoms with van der Waals surface area (Å²) in [6, 6.07) is 10.1. The minimum atomic E-state index is -1.17. The van der Waals surface area contributed by atoms with Gasteiger partial charge in [0.1, 0.15) is 11.0 Å². The van der Waals surface area contributed by atoms with E-state index in [-0.39, 0.29) is 11.7 Å². The standard InChI is InChI=1S/C20H26O3/c1-14-17(13-16-9-7-6-8-10-16)11-12-20(14,15(2)21)18(22)23-19(3,4)5/h6-10,17H,1,11-13H2,2-5H3/t17-,20-/m1/s1. The molecule has 3 nitrogen and oxygen atoms in total. The highest BCUT2D eigenvalue weighted by Gasteiger charge is 2.54. The Kier molecular flexibility index (Phi) is 4.79. The molecular formula is C20H26O3. The zero-order valence-corrected chi connectivity index (χ0v) is 14.5. The van der Waals surface area contributed by atoms with Crippen molar-refractivity contribution in [1.82, 2.24) is 0 Å². The summed E-state index contributed by atoms with van der Waals surface area (Å²) in [5, 5.41) is 0. The second-order valence-electron chi connectivity index (χ2n) is 7.41. The van der Waals surface area contributed by atoms with Gasteiger partial charge in [-0.25, -0.2) is 0 Å². The molecule has 1 saturated carbocycles. The molecule has 1 fully saturated rings. The highest BCUT2D eigenvalue weighted by atomic mass is 16.6. The first-order valence-electron chi connectivity index (χ1n) is 8.14. The molecule has 2 rings (SSSR count). The number of Topliss-reactive ketones (excluding diaryl/α,β-unsaturated/α-hetero) is 1. The van der Waals surface area contributed by atoms with Crippen molar-refractivity contribution < 1.29 is 14.3 Å². The second kappa shape index (κ2) is 6.31. The van der Waals surface area contributed by atoms with E-state index in [4.69, 9.17) is 4.74 Å². The molecule has 1 aromatic carbocycles. The first kappa shape index (κ1) is 17.5. The predicted molar refractivity (Wildman–Crippen MR) is 91.0 cm³/mol. The lowest BCUT2D eigenvalue weighted by Crippen LogP contribution is -2.42. The number of rotatable bonds is 4. The van der Waals surface area contributed by atoms with Gasteiger partial charge in [0.25, 0.3) is 0 Å². The Morgan fingerprint density at radius 3 is 2.39 bits per heavy atom. The lowest BCUT2D eigenvalue weighted by molar-refractivity contribution is -0.167. The van der Waals surface area contributed by atoms with Gasteiger partial charge in [0, 0.05) is 0 Å². The summed E-state index contributed by atoms with van der Waals surface area (Å²) in [6.07, 6.45) is 2.08. The molecular weight excluding hydrogens is 288 g/mol. The Bertz CT molecular complexity index is 610. The van der Waals surface area contributed by atoms with E-state index in [9.17, 15) is 9.59 Å². The van der Waals surface area contributed by atoms with Crippen molar-refractivity contribution in [1.29, 1.82) is 0 Å². The maximum Gasteiger partial charge on any atom is 0.324 e. The summed E-state index contributed by atoms with van der Waals surface area (Å²) in [5.41, 5.74) is 0.120. The van der Waals surface area contributed by atoms with Crippen molar-refractivity contribution >= 4 is 11.8 Å². The van der Waals surface area contributed by atoms with Crippen molar-refractivity contribution in [3.8, 4) is 0 Å². The predicted octanol–water partition coefficient (Wildman–Crippen LogP) is 4.11. The molecule has 1 aromatic rings. The van der Waals surface area contributed by atoms with E-state index in [0.717, 1.165) is 12.8 Å². The van der Waals surface area contributed by atoms with Gasteiger partial charge in [-0.2, -0.15) is 0 Å². The number of hydrogen-bond donors (Lipinski definition) is 0. The van der Waals surface area contributed by atoms with E-state index >= 15 is 0 Å². The normalized spacial score (nSPS) is 24.5. The van der Waals surface area contributed by atoms with E-state index in [0.29, 0.717) is 12.0 Å². The number of benzene rings is 1. The lowest BCUT2D eigenvalue weighted by Gasteiger charge is -2.31. The lowest BCUT2D eigenvalue weighted by atomic mass is 9.77. The fourth-order valence-electron chi connectivity index (χ4n) is 3.34. The highest BCUT2D eigenvalue weighted by Crippen LogP contribution is 2.49. The molecule has 124 valence electrons. The molecule has 0 spiro atoms. The third-order valence-electron chi connectivity index (χ3n) is 4.58. The Morgan fingerprint density at radius 1 is 1.26 bits per heavy atom. The Hall–Kier alpha value is -1.90. The molecule has 0 aromatic heterocycles. The molecule has 2 atom stereocenters. The van der Waals surface area contributed by atoms with Crippen LogP contribution in [0.15, 0.2) is 42.5 Å². The van der Waals surface area contributed by atoms with E-state index < -0.39 is 17.0 Å². The number of ketones is 1. The van der Waals surface area contributed by atoms with Gasteiger partial charge in [-0.1, -0.05) is 36.9 Å². The fraction of sp³-hybridized carbons (Fsp3) is 0.500. The second-order valence-corrected chi connectivity index (χ2v) is 7.41. The molecule has 0 N–H and O–H groups in total. The minimum Gasteiger partial charge on any atom is -0.459 e. The van der Waals surface area contributed by atoms with Crippen molar-refractivity contribution in [3.63, 3.8) is 0 Å². The minimum absolute atomic E-state index is 0.133. The SMILES string of the molecule is C=C1[C@@H](Cc2ccccc2)CC[C@@]1(C(C)=O)C(=O)OC(C)(C)C. The molecule has 0 saturated heterocycles. The molecule has 1 aliphatic carbocycles. The maximum absolute atomic E-state index is 12.7. The zero-order valence-electron chi connectivity index (χ0n) is 14.5. The molecule has 0 aliphatic heterocycles. The van der Waals surface area contributed by atoms with E-state index in [1.807, 2.05) is 39.0 Å². The zero-order chi connectivity index (χ0) is 17.3. The number of esters is 1. The Labute approximate surface area is 138 Å². The average molecular weight is 314 g/mol. The summed E-state index contributed by atoms with van der Waals surface area (Å²) >= 11 is 0. The van der Waals surface area contributed by atoms with Crippen LogP contribution in [0, 0.1) is 11.3 Å². The molecule has 3 heteroatoms. The fourth-order valence-corrected chi connectivity index (χ4v) is 3.34. The van der Waals surface area contributed by atoms with Crippen LogP contribution in [0.3, 0.4) is 0 Å². The third-order valence-corrected chi connectivity index (χ3v) is 4.58. The highest BCUT2D eigenvalue weighted by molar-refractivity contribution is 6.06. The van der Waals surface area contributed by atoms with E-state index in [2.05, 4.69) is 18.7 Å². The van der Waals surface area contributed by atoms with Crippen LogP contribution in [0.1, 0.15) is 46.1 Å². The third kappa shape index (κ3) is 3.54. The van der Waals surface area contributed by atoms with Crippen LogP contribution >= 0.6 is 0 Å². The largest absolute Gasteiger partial charge is 0.459 e. The van der Waals surface area contributed by atoms with Crippen LogP contribution in [0.5, 0.6) is 0 Å². The van der Waals surface area contributed by atoms with Gasteiger partial charge < -0.3 is 4.74 Å². The van der Waals surface area contributed by atoms with Gasteiger partial charge in [-0.3, -0.25) is 9.59 Å². The maximum atomic E-state index is 12.7. The number of carbonyl (C=O) groups is 2. The van der Waals surface area contributed by atoms with Gasteiger partial charge in [0.05, 0.1) is 0 Å². The molecule has 0 unspecified atom stereocenters. The summed E-state index contributed by atoms with van der Waals surface area (Å²) in [4.78, 5) is 25.1. The summed E-state index contributed by atoms with van der Waals surface area (Å²) in [6.45, 7) is 11.1. The van der Waals surface area contributed by atoms with Crippen molar-refractivity contribution in [3.05, 3.63) is 48.0 Å². The van der Waals surface area contributed by atoms with Crippen LogP contribution in [0.4, 0.5) is 0 Å². The van der Waals surface area contributed by atoms with Crippen LogP contribution in [0.25, 0.3) is 0 Å². The molecule has 0 amide bonds. The van der Waals surface area contributed by atoms with Crippen molar-refractivity contribution in [2.24, 2.45) is 11.3 Å². The van der Waals surface area contributed by atoms with Gasteiger partial charge >= 0.3 is 5.97 Å². The van der Waals surface area contributed by atoms with E-state index in [1.54, 1.807) is 0 Å². The number of ether oxygens (including phenoxy) is 1. The quantitative estimate of drug-likeness (QED) is 0.477. The van der Waals surface area contributed by atoms with Gasteiger partial charge in [0.15, 0.2) is 5.78 Å². The van der Waals surface area contributed by atoms with Gasteiger partial charge in [-0.15, -0.1) is 0 Å². The van der Waals surface area contributed by atoms with Crippen LogP contribution in [-0.2, 0) is 20.7 Å². The average Bonchev–Trinajstić information content (AvgIpc) is 2.77. The first-order valence-corrected chi connectivity index (χ1v) is 8.14. The molecule has 0 heterocycles. The molecule has 0 bridgehead atoms. The molecule has 23 heavy (non-hydrogen) atoms. The van der Waals surface area contributed by atoms with Crippen LogP contribution in [-0.4, -0.2) is 17.4 Å². The Balaban J connectivity index is 2.24. The summed E-state index contributed by atoms with van der Waals surface area (Å²) in [7, 11) is 0. The van der Waals surface area contributed by atoms with Crippen molar-refractivity contribution in [2.75, 3.05) is 0 Å². The van der Waals surface area contributed by atoms with Crippen LogP contribution in [0.2, 0.25) is 0 Å². The molecule has 1 aliphatic rings. The van der Waals surface area contributed by atoms with Crippen molar-refractivity contribution in [2.45, 2.75) is 52.6 Å². The molecule has 0 radical (unpaired) electrons. The number of hydrogen-bond acceptors (Lipinski definition) is 3. The topological polar surface area (TPSA) is 43.4 Å². The van der Waals surface area contributed by atoms with Gasteiger partial charge in [0.2, 0.25) is 0 Å². The smallest absolute Gasteiger partial charge is 0.324 e. The van der Waals surface area contributed by atoms with Gasteiger partial charge in [-0.05, 0) is 64.0 Å². The first-order chi connectivity index (χ1) is 10.7. The summed E-state index contributed by atoms with van der Waals surface area (Å²) < 4.78 is 5.53. The monoisotopic (exact) mass is 314 g/mol. The Morgan fingerprint density at radius 2 is 1.87 bits per heavy atom. The van der Waals surface area contributed by atoms with E-state index in [1.165, 1.54) is 12.5 Å². The summed E-state index contributed by atoms with van der Waals surface area (Å²) in [5.74, 6) is -0.473. The van der Waals surface area contributed by atoms with Crippen LogP contribution < -0.4 is 0 Å². The number of carbonyl (C=O) groups excluding carboxylic acids is 2.